The van der Waals surface area contributed by atoms with Gasteiger partial charge in [-0.2, -0.15) is 0 Å². The zero-order chi connectivity index (χ0) is 19.7. The molecule has 8 nitrogen and oxygen atoms in total. The molecule has 1 aromatic rings. The van der Waals surface area contributed by atoms with E-state index in [-0.39, 0.29) is 35.0 Å². The van der Waals surface area contributed by atoms with Crippen molar-refractivity contribution in [1.82, 2.24) is 14.8 Å². The Kier molecular flexibility index (Phi) is 6.22. The number of methoxy groups -OCH3 is 1. The molecule has 0 aliphatic carbocycles. The average molecular weight is 369 g/mol. The molecule has 8 heteroatoms. The second-order valence-corrected chi connectivity index (χ2v) is 8.49. The predicted molar refractivity (Wildman–Crippen MR) is 95.1 cm³/mol. The van der Waals surface area contributed by atoms with Crippen LogP contribution in [0.4, 0.5) is 0 Å². The third-order valence-electron chi connectivity index (χ3n) is 3.81. The molecule has 1 saturated heterocycles. The topological polar surface area (TPSA) is 84.7 Å². The third kappa shape index (κ3) is 5.33. The van der Waals surface area contributed by atoms with Crippen molar-refractivity contribution in [3.05, 3.63) is 12.2 Å². The van der Waals surface area contributed by atoms with Gasteiger partial charge in [-0.25, -0.2) is 9.67 Å². The van der Waals surface area contributed by atoms with E-state index < -0.39 is 12.3 Å². The van der Waals surface area contributed by atoms with E-state index in [1.54, 1.807) is 7.11 Å². The Morgan fingerprint density at radius 3 is 2.31 bits per heavy atom. The van der Waals surface area contributed by atoms with Gasteiger partial charge in [-0.1, -0.05) is 0 Å². The number of rotatable bonds is 6. The Labute approximate surface area is 155 Å². The standard InChI is InChI=1S/C18H31N3O5/c1-11(22)15-19-10-21(20-15)16-14(23-8)13(26-18(5,6)7)12(25-16)9-24-17(2,3)4/h10,12-14,16H,9H2,1-8H3/t12-,13-,14-,16-/m1/s1. The van der Waals surface area contributed by atoms with Crippen molar-refractivity contribution < 1.29 is 23.7 Å². The highest BCUT2D eigenvalue weighted by Crippen LogP contribution is 2.35. The first-order valence-electron chi connectivity index (χ1n) is 8.83. The van der Waals surface area contributed by atoms with Crippen molar-refractivity contribution in [3.63, 3.8) is 0 Å². The molecule has 0 radical (unpaired) electrons. The van der Waals surface area contributed by atoms with Gasteiger partial charge in [0.2, 0.25) is 5.82 Å². The Hall–Kier alpha value is -1.35. The van der Waals surface area contributed by atoms with Gasteiger partial charge in [-0.15, -0.1) is 5.10 Å². The van der Waals surface area contributed by atoms with Crippen LogP contribution in [0, 0.1) is 0 Å². The summed E-state index contributed by atoms with van der Waals surface area (Å²) in [6.07, 6.45) is -0.175. The number of ketones is 1. The number of carbonyl (C=O) groups is 1. The summed E-state index contributed by atoms with van der Waals surface area (Å²) in [6.45, 7) is 13.7. The molecule has 1 aliphatic heterocycles. The largest absolute Gasteiger partial charge is 0.374 e. The quantitative estimate of drug-likeness (QED) is 0.712. The highest BCUT2D eigenvalue weighted by molar-refractivity contribution is 5.89. The normalized spacial score (nSPS) is 27.1. The van der Waals surface area contributed by atoms with Gasteiger partial charge in [0.05, 0.1) is 17.8 Å². The van der Waals surface area contributed by atoms with Gasteiger partial charge in [0, 0.05) is 14.0 Å². The van der Waals surface area contributed by atoms with Crippen LogP contribution in [0.15, 0.2) is 6.33 Å². The van der Waals surface area contributed by atoms with E-state index in [9.17, 15) is 4.79 Å². The minimum atomic E-state index is -0.554. The van der Waals surface area contributed by atoms with Crippen LogP contribution < -0.4 is 0 Å². The van der Waals surface area contributed by atoms with E-state index in [1.807, 2.05) is 41.5 Å². The lowest BCUT2D eigenvalue weighted by atomic mass is 10.1. The zero-order valence-electron chi connectivity index (χ0n) is 17.0. The minimum absolute atomic E-state index is 0.145. The molecule has 0 bridgehead atoms. The van der Waals surface area contributed by atoms with Gasteiger partial charge in [0.15, 0.2) is 12.0 Å². The summed E-state index contributed by atoms with van der Waals surface area (Å²) in [5.41, 5.74) is -0.683. The average Bonchev–Trinajstić information content (AvgIpc) is 3.07. The number of hydrogen-bond acceptors (Lipinski definition) is 7. The molecular weight excluding hydrogens is 338 g/mol. The molecule has 4 atom stereocenters. The van der Waals surface area contributed by atoms with E-state index in [4.69, 9.17) is 18.9 Å². The van der Waals surface area contributed by atoms with Gasteiger partial charge < -0.3 is 18.9 Å². The summed E-state index contributed by atoms with van der Waals surface area (Å²) < 4.78 is 25.5. The first-order valence-corrected chi connectivity index (χ1v) is 8.83. The van der Waals surface area contributed by atoms with Gasteiger partial charge in [-0.05, 0) is 41.5 Å². The molecule has 2 heterocycles. The van der Waals surface area contributed by atoms with Crippen LogP contribution in [0.2, 0.25) is 0 Å². The molecule has 0 unspecified atom stereocenters. The second kappa shape index (κ2) is 7.72. The molecule has 2 rings (SSSR count). The van der Waals surface area contributed by atoms with Gasteiger partial charge >= 0.3 is 0 Å². The Morgan fingerprint density at radius 2 is 1.85 bits per heavy atom. The van der Waals surface area contributed by atoms with Gasteiger partial charge in [-0.3, -0.25) is 4.79 Å². The monoisotopic (exact) mass is 369 g/mol. The Morgan fingerprint density at radius 1 is 1.19 bits per heavy atom. The van der Waals surface area contributed by atoms with Crippen LogP contribution in [0.1, 0.15) is 65.3 Å². The van der Waals surface area contributed by atoms with Crippen LogP contribution in [-0.2, 0) is 18.9 Å². The van der Waals surface area contributed by atoms with Crippen LogP contribution in [0.3, 0.4) is 0 Å². The van der Waals surface area contributed by atoms with E-state index >= 15 is 0 Å². The fourth-order valence-corrected chi connectivity index (χ4v) is 2.75. The van der Waals surface area contributed by atoms with Crippen molar-refractivity contribution in [1.29, 1.82) is 0 Å². The second-order valence-electron chi connectivity index (χ2n) is 8.49. The molecule has 1 fully saturated rings. The molecule has 148 valence electrons. The lowest BCUT2D eigenvalue weighted by molar-refractivity contribution is -0.140. The number of carbonyl (C=O) groups excluding carboxylic acids is 1. The summed E-state index contributed by atoms with van der Waals surface area (Å²) in [4.78, 5) is 15.5. The third-order valence-corrected chi connectivity index (χ3v) is 3.81. The summed E-state index contributed by atoms with van der Waals surface area (Å²) in [6, 6.07) is 0. The van der Waals surface area contributed by atoms with Crippen molar-refractivity contribution in [2.45, 2.75) is 84.2 Å². The molecule has 0 amide bonds. The zero-order valence-corrected chi connectivity index (χ0v) is 17.0. The molecule has 1 aromatic heterocycles. The lowest BCUT2D eigenvalue weighted by Crippen LogP contribution is -2.43. The highest BCUT2D eigenvalue weighted by Gasteiger charge is 2.49. The molecule has 0 N–H and O–H groups in total. The van der Waals surface area contributed by atoms with Crippen LogP contribution in [0.25, 0.3) is 0 Å². The maximum atomic E-state index is 11.5. The van der Waals surface area contributed by atoms with Crippen molar-refractivity contribution in [3.8, 4) is 0 Å². The van der Waals surface area contributed by atoms with Gasteiger partial charge in [0.25, 0.3) is 0 Å². The first kappa shape index (κ1) is 21.0. The summed E-state index contributed by atoms with van der Waals surface area (Å²) >= 11 is 0. The molecule has 26 heavy (non-hydrogen) atoms. The SMILES string of the molecule is CO[C@@H]1[C@H](OC(C)(C)C)[C@@H](COC(C)(C)C)O[C@H]1n1cnc(C(C)=O)n1. The Balaban J connectivity index is 2.26. The molecular formula is C18H31N3O5. The maximum absolute atomic E-state index is 11.5. The van der Waals surface area contributed by atoms with Crippen LogP contribution in [-0.4, -0.2) is 63.8 Å². The summed E-state index contributed by atoms with van der Waals surface area (Å²) in [7, 11) is 1.61. The number of Topliss-reactive ketones (excluding diaryl/α,β-unsaturated/α-hetero) is 1. The van der Waals surface area contributed by atoms with E-state index in [0.29, 0.717) is 6.61 Å². The lowest BCUT2D eigenvalue weighted by Gasteiger charge is -2.31. The number of aromatic nitrogens is 3. The minimum Gasteiger partial charge on any atom is -0.374 e. The highest BCUT2D eigenvalue weighted by atomic mass is 16.6. The fraction of sp³-hybridized carbons (Fsp3) is 0.833. The van der Waals surface area contributed by atoms with Crippen molar-refractivity contribution in [2.75, 3.05) is 13.7 Å². The van der Waals surface area contributed by atoms with Gasteiger partial charge in [0.1, 0.15) is 24.6 Å². The molecule has 0 saturated carbocycles. The molecule has 0 aromatic carbocycles. The van der Waals surface area contributed by atoms with Crippen molar-refractivity contribution in [2.24, 2.45) is 0 Å². The Bertz CT molecular complexity index is 617. The maximum Gasteiger partial charge on any atom is 0.217 e. The predicted octanol–water partition coefficient (Wildman–Crippen LogP) is 2.39. The molecule has 1 aliphatic rings. The van der Waals surface area contributed by atoms with Crippen molar-refractivity contribution >= 4 is 5.78 Å². The summed E-state index contributed by atoms with van der Waals surface area (Å²) in [5, 5.41) is 4.22. The van der Waals surface area contributed by atoms with E-state index in [0.717, 1.165) is 0 Å². The van der Waals surface area contributed by atoms with Crippen LogP contribution in [0.5, 0.6) is 0 Å². The first-order chi connectivity index (χ1) is 11.9. The number of ether oxygens (including phenoxy) is 4. The summed E-state index contributed by atoms with van der Waals surface area (Å²) in [5.74, 6) is -0.0584. The number of hydrogen-bond donors (Lipinski definition) is 0. The fourth-order valence-electron chi connectivity index (χ4n) is 2.75. The van der Waals surface area contributed by atoms with E-state index in [1.165, 1.54) is 17.9 Å². The molecule has 0 spiro atoms. The number of nitrogens with zero attached hydrogens (tertiary/aromatic N) is 3. The van der Waals surface area contributed by atoms with E-state index in [2.05, 4.69) is 10.1 Å². The van der Waals surface area contributed by atoms with Crippen LogP contribution >= 0.6 is 0 Å². The smallest absolute Gasteiger partial charge is 0.217 e.